The van der Waals surface area contributed by atoms with E-state index < -0.39 is 0 Å². The van der Waals surface area contributed by atoms with Gasteiger partial charge in [-0.1, -0.05) is 36.4 Å². The van der Waals surface area contributed by atoms with Crippen LogP contribution < -0.4 is 15.8 Å². The molecule has 0 saturated heterocycles. The normalized spacial score (nSPS) is 18.3. The number of carbonyl (C=O) groups is 1. The number of amides is 1. The third kappa shape index (κ3) is 2.11. The van der Waals surface area contributed by atoms with E-state index in [9.17, 15) is 9.90 Å². The number of hydrogen-bond donors (Lipinski definition) is 2. The van der Waals surface area contributed by atoms with Crippen LogP contribution in [0.4, 0.5) is 0 Å². The number of carbonyl (C=O) groups excluding carboxylic acids is 1. The molecule has 2 aliphatic heterocycles. The van der Waals surface area contributed by atoms with E-state index in [-0.39, 0.29) is 11.7 Å². The number of allylic oxidation sites excluding steroid dienone is 5. The Morgan fingerprint density at radius 3 is 2.83 bits per heavy atom. The minimum atomic E-state index is -0.164. The van der Waals surface area contributed by atoms with E-state index in [2.05, 4.69) is 17.5 Å². The van der Waals surface area contributed by atoms with Crippen molar-refractivity contribution >= 4 is 17.2 Å². The van der Waals surface area contributed by atoms with E-state index in [0.717, 1.165) is 28.3 Å². The molecule has 23 heavy (non-hydrogen) atoms. The van der Waals surface area contributed by atoms with Crippen molar-refractivity contribution in [3.05, 3.63) is 82.4 Å². The maximum Gasteiger partial charge on any atom is 0.221 e. The zero-order valence-electron chi connectivity index (χ0n) is 12.7. The second-order valence-corrected chi connectivity index (χ2v) is 5.72. The molecule has 0 radical (unpaired) electrons. The number of nitrogens with one attached hydrogen (secondary N) is 1. The summed E-state index contributed by atoms with van der Waals surface area (Å²) in [7, 11) is 0. The fraction of sp³-hybridized carbons (Fsp3) is 0.105. The first-order valence-corrected chi connectivity index (χ1v) is 7.54. The maximum absolute atomic E-state index is 11.3. The van der Waals surface area contributed by atoms with Gasteiger partial charge in [0, 0.05) is 30.1 Å². The van der Waals surface area contributed by atoms with Gasteiger partial charge in [0.1, 0.15) is 5.76 Å². The van der Waals surface area contributed by atoms with Crippen LogP contribution in [0, 0.1) is 0 Å². The molecule has 4 nitrogen and oxygen atoms in total. The smallest absolute Gasteiger partial charge is 0.221 e. The molecule has 0 bridgehead atoms. The zero-order valence-corrected chi connectivity index (χ0v) is 12.7. The first-order valence-electron chi connectivity index (χ1n) is 7.54. The Morgan fingerprint density at radius 2 is 2.04 bits per heavy atom. The van der Waals surface area contributed by atoms with Gasteiger partial charge >= 0.3 is 0 Å². The summed E-state index contributed by atoms with van der Waals surface area (Å²) >= 11 is 0. The Balaban J connectivity index is 2.03. The Morgan fingerprint density at radius 1 is 1.26 bits per heavy atom. The fourth-order valence-electron chi connectivity index (χ4n) is 3.29. The lowest BCUT2D eigenvalue weighted by Gasteiger charge is -2.34. The summed E-state index contributed by atoms with van der Waals surface area (Å²) in [5.74, 6) is -0.0129. The standard InChI is InChI=1S/C19H16N2O2/c1-12(22)20-13-10-18(23)19-16-8-3-2-6-14(16)15-7-4-5-9-17(15)21(19)11-13/h2-6,8-11,23H,7H2,1H3,(H,20,22). The predicted molar refractivity (Wildman–Crippen MR) is 88.8 cm³/mol. The molecular weight excluding hydrogens is 288 g/mol. The van der Waals surface area contributed by atoms with Crippen LogP contribution in [-0.4, -0.2) is 15.9 Å². The van der Waals surface area contributed by atoms with E-state index in [1.54, 1.807) is 6.08 Å². The first-order chi connectivity index (χ1) is 11.1. The number of fused-ring (bicyclic) bond motifs is 4. The molecule has 1 aromatic rings. The Bertz CT molecular complexity index is 961. The quantitative estimate of drug-likeness (QED) is 0.827. The van der Waals surface area contributed by atoms with Gasteiger partial charge in [0.25, 0.3) is 0 Å². The van der Waals surface area contributed by atoms with Crippen LogP contribution in [-0.2, 0) is 4.79 Å². The number of rotatable bonds is 1. The van der Waals surface area contributed by atoms with Gasteiger partial charge in [0.05, 0.1) is 11.4 Å². The van der Waals surface area contributed by atoms with Crippen LogP contribution in [0.3, 0.4) is 0 Å². The molecule has 2 N–H and O–H groups in total. The fourth-order valence-corrected chi connectivity index (χ4v) is 3.29. The lowest BCUT2D eigenvalue weighted by molar-refractivity contribution is -0.118. The highest BCUT2D eigenvalue weighted by atomic mass is 16.3. The Labute approximate surface area is 133 Å². The van der Waals surface area contributed by atoms with Gasteiger partial charge in [-0.2, -0.15) is 0 Å². The van der Waals surface area contributed by atoms with Crippen LogP contribution in [0.2, 0.25) is 0 Å². The third-order valence-electron chi connectivity index (χ3n) is 4.15. The maximum atomic E-state index is 11.3. The van der Waals surface area contributed by atoms with Crippen molar-refractivity contribution in [3.63, 3.8) is 0 Å². The second kappa shape index (κ2) is 5.02. The van der Waals surface area contributed by atoms with E-state index in [0.29, 0.717) is 5.70 Å². The average molecular weight is 304 g/mol. The third-order valence-corrected chi connectivity index (χ3v) is 4.15. The number of aliphatic hydroxyl groups excluding tert-OH is 1. The predicted octanol–water partition coefficient (Wildman–Crippen LogP) is 1.54. The molecule has 0 fully saturated rings. The summed E-state index contributed by atoms with van der Waals surface area (Å²) in [6.45, 7) is 1.45. The molecule has 0 spiro atoms. The molecule has 4 heteroatoms. The minimum absolute atomic E-state index is 0.151. The number of aliphatic hydroxyl groups is 1. The molecule has 0 unspecified atom stereocenters. The van der Waals surface area contributed by atoms with E-state index in [1.807, 2.05) is 41.5 Å². The van der Waals surface area contributed by atoms with E-state index in [1.165, 1.54) is 12.5 Å². The van der Waals surface area contributed by atoms with Crippen molar-refractivity contribution < 1.29 is 9.90 Å². The number of nitrogens with zero attached hydrogens (tertiary/aromatic N) is 1. The largest absolute Gasteiger partial charge is 0.506 e. The molecule has 0 saturated carbocycles. The van der Waals surface area contributed by atoms with Gasteiger partial charge in [-0.05, 0) is 23.3 Å². The molecule has 1 aliphatic carbocycles. The van der Waals surface area contributed by atoms with Crippen molar-refractivity contribution in [2.24, 2.45) is 0 Å². The minimum Gasteiger partial charge on any atom is -0.506 e. The first kappa shape index (κ1) is 13.6. The lowest BCUT2D eigenvalue weighted by Crippen LogP contribution is -2.42. The Hall–Kier alpha value is -3.01. The topological polar surface area (TPSA) is 52.6 Å². The highest BCUT2D eigenvalue weighted by Crippen LogP contribution is 2.34. The Kier molecular flexibility index (Phi) is 2.98. The van der Waals surface area contributed by atoms with Gasteiger partial charge < -0.3 is 15.3 Å². The van der Waals surface area contributed by atoms with Crippen LogP contribution in [0.1, 0.15) is 13.3 Å². The lowest BCUT2D eigenvalue weighted by atomic mass is 9.93. The summed E-state index contributed by atoms with van der Waals surface area (Å²) in [6, 6.07) is 8.09. The summed E-state index contributed by atoms with van der Waals surface area (Å²) in [5, 5.41) is 15.4. The van der Waals surface area contributed by atoms with Crippen molar-refractivity contribution in [2.45, 2.75) is 13.3 Å². The van der Waals surface area contributed by atoms with Crippen molar-refractivity contribution in [1.82, 2.24) is 10.2 Å². The van der Waals surface area contributed by atoms with E-state index in [4.69, 9.17) is 0 Å². The van der Waals surface area contributed by atoms with Crippen molar-refractivity contribution in [1.29, 1.82) is 0 Å². The van der Waals surface area contributed by atoms with Crippen molar-refractivity contribution in [2.75, 3.05) is 0 Å². The second-order valence-electron chi connectivity index (χ2n) is 5.72. The van der Waals surface area contributed by atoms with Crippen LogP contribution >= 0.6 is 0 Å². The molecule has 4 rings (SSSR count). The highest BCUT2D eigenvalue weighted by Gasteiger charge is 2.28. The van der Waals surface area contributed by atoms with Crippen molar-refractivity contribution in [3.8, 4) is 0 Å². The van der Waals surface area contributed by atoms with Crippen LogP contribution in [0.15, 0.2) is 71.9 Å². The number of hydrogen-bond acceptors (Lipinski definition) is 3. The summed E-state index contributed by atoms with van der Waals surface area (Å²) in [6.07, 6.45) is 10.5. The molecule has 0 atom stereocenters. The molecular formula is C19H16N2O2. The average Bonchev–Trinajstić information content (AvgIpc) is 2.54. The van der Waals surface area contributed by atoms with Gasteiger partial charge in [0.15, 0.2) is 0 Å². The summed E-state index contributed by atoms with van der Waals surface area (Å²) in [5.41, 5.74) is 3.58. The molecule has 0 aromatic heterocycles. The summed E-state index contributed by atoms with van der Waals surface area (Å²) < 4.78 is 0. The van der Waals surface area contributed by atoms with Crippen LogP contribution in [0.25, 0.3) is 11.3 Å². The van der Waals surface area contributed by atoms with Gasteiger partial charge in [-0.25, -0.2) is 0 Å². The van der Waals surface area contributed by atoms with E-state index >= 15 is 0 Å². The molecule has 1 aromatic carbocycles. The van der Waals surface area contributed by atoms with Gasteiger partial charge in [0.2, 0.25) is 5.91 Å². The van der Waals surface area contributed by atoms with Gasteiger partial charge in [-0.15, -0.1) is 0 Å². The van der Waals surface area contributed by atoms with Gasteiger partial charge in [-0.3, -0.25) is 4.79 Å². The SMILES string of the molecule is CC(=O)NC1=CN2C3=CC=CCC3=c3ccccc3=C2C(O)=C1. The molecule has 114 valence electrons. The zero-order chi connectivity index (χ0) is 16.0. The van der Waals surface area contributed by atoms with Crippen LogP contribution in [0.5, 0.6) is 0 Å². The highest BCUT2D eigenvalue weighted by molar-refractivity contribution is 5.81. The number of benzene rings is 1. The summed E-state index contributed by atoms with van der Waals surface area (Å²) in [4.78, 5) is 13.3. The monoisotopic (exact) mass is 304 g/mol. The molecule has 2 heterocycles. The molecule has 3 aliphatic rings. The molecule has 1 amide bonds.